The average Bonchev–Trinajstić information content (AvgIpc) is 1.67. The van der Waals surface area contributed by atoms with Crippen LogP contribution in [0.25, 0.3) is 0 Å². The molecule has 50 valence electrons. The van der Waals surface area contributed by atoms with Crippen molar-refractivity contribution < 1.29 is 15.3 Å². The van der Waals surface area contributed by atoms with E-state index in [1.807, 2.05) is 0 Å². The lowest BCUT2D eigenvalue weighted by molar-refractivity contribution is 0.00960. The van der Waals surface area contributed by atoms with Gasteiger partial charge in [0, 0.05) is 0 Å². The Kier molecular flexibility index (Phi) is 3.45. The molecule has 0 amide bonds. The molecule has 0 aromatic carbocycles. The molecule has 0 aliphatic heterocycles. The van der Waals surface area contributed by atoms with E-state index in [9.17, 15) is 0 Å². The largest absolute Gasteiger partial charge is 0.392 e. The molecule has 0 radical (unpaired) electrons. The normalized spacial score (nSPS) is 22.1. The van der Waals surface area contributed by atoms with Crippen LogP contribution in [0.4, 0.5) is 0 Å². The van der Waals surface area contributed by atoms with Crippen LogP contribution in [0.1, 0.15) is 0 Å². The van der Waals surface area contributed by atoms with Crippen molar-refractivity contribution >= 4 is 31.9 Å². The van der Waals surface area contributed by atoms with E-state index in [4.69, 9.17) is 15.3 Å². The first-order valence-electron chi connectivity index (χ1n) is 1.85. The number of rotatable bonds is 2. The maximum absolute atomic E-state index is 8.77. The molecule has 0 aliphatic rings. The summed E-state index contributed by atoms with van der Waals surface area (Å²) in [6, 6.07) is 0. The van der Waals surface area contributed by atoms with E-state index in [0.717, 1.165) is 0 Å². The Bertz CT molecular complexity index is 72.9. The number of aliphatic hydroxyl groups excluding tert-OH is 2. The van der Waals surface area contributed by atoms with Crippen molar-refractivity contribution in [3.8, 4) is 0 Å². The fraction of sp³-hybridized carbons (Fsp3) is 1.00. The second-order valence-electron chi connectivity index (χ2n) is 1.31. The van der Waals surface area contributed by atoms with Gasteiger partial charge < -0.3 is 15.3 Å². The minimum Gasteiger partial charge on any atom is -0.392 e. The monoisotopic (exact) mass is 248 g/mol. The standard InChI is InChI=1S/C3H6Br2O3/c4-2(7)3(5,8)1-6/h2,6-8H,1H2/t2-,3+/m1/s1. The molecule has 3 nitrogen and oxygen atoms in total. The molecule has 0 spiro atoms. The van der Waals surface area contributed by atoms with Gasteiger partial charge in [-0.3, -0.25) is 0 Å². The Morgan fingerprint density at radius 1 is 1.62 bits per heavy atom. The Hall–Kier alpha value is 0.840. The lowest BCUT2D eigenvalue weighted by Gasteiger charge is -2.18. The van der Waals surface area contributed by atoms with Crippen LogP contribution in [0.2, 0.25) is 0 Å². The van der Waals surface area contributed by atoms with Crippen LogP contribution in [0.15, 0.2) is 0 Å². The van der Waals surface area contributed by atoms with E-state index in [1.165, 1.54) is 0 Å². The van der Waals surface area contributed by atoms with Crippen molar-refractivity contribution in [3.63, 3.8) is 0 Å². The quantitative estimate of drug-likeness (QED) is 0.593. The number of hydrogen-bond acceptors (Lipinski definition) is 3. The average molecular weight is 250 g/mol. The van der Waals surface area contributed by atoms with Gasteiger partial charge in [0.2, 0.25) is 0 Å². The Labute approximate surface area is 63.6 Å². The third-order valence-electron chi connectivity index (χ3n) is 0.587. The van der Waals surface area contributed by atoms with Gasteiger partial charge in [-0.2, -0.15) is 0 Å². The van der Waals surface area contributed by atoms with Gasteiger partial charge in [-0.25, -0.2) is 0 Å². The fourth-order valence-corrected chi connectivity index (χ4v) is 0.220. The third-order valence-corrected chi connectivity index (χ3v) is 2.64. The summed E-state index contributed by atoms with van der Waals surface area (Å²) in [6.07, 6.45) is 0. The predicted octanol–water partition coefficient (Wildman–Crippen LogP) is -0.224. The molecular formula is C3H6Br2O3. The molecule has 0 bridgehead atoms. The van der Waals surface area contributed by atoms with Crippen molar-refractivity contribution in [1.29, 1.82) is 0 Å². The fourth-order valence-electron chi connectivity index (χ4n) is 0.0753. The van der Waals surface area contributed by atoms with Crippen LogP contribution in [0.3, 0.4) is 0 Å². The molecule has 2 atom stereocenters. The van der Waals surface area contributed by atoms with Crippen LogP contribution in [-0.2, 0) is 0 Å². The third kappa shape index (κ3) is 2.41. The van der Waals surface area contributed by atoms with Gasteiger partial charge in [0.25, 0.3) is 0 Å². The van der Waals surface area contributed by atoms with Crippen molar-refractivity contribution in [1.82, 2.24) is 0 Å². The van der Waals surface area contributed by atoms with Crippen LogP contribution >= 0.6 is 31.9 Å². The predicted molar refractivity (Wildman–Crippen MR) is 35.9 cm³/mol. The Morgan fingerprint density at radius 3 is 2.00 bits per heavy atom. The zero-order chi connectivity index (χ0) is 6.78. The topological polar surface area (TPSA) is 60.7 Å². The van der Waals surface area contributed by atoms with Crippen LogP contribution < -0.4 is 0 Å². The molecule has 5 heteroatoms. The van der Waals surface area contributed by atoms with Gasteiger partial charge in [-0.1, -0.05) is 15.9 Å². The van der Waals surface area contributed by atoms with Gasteiger partial charge in [-0.05, 0) is 15.9 Å². The summed E-state index contributed by atoms with van der Waals surface area (Å²) >= 11 is 5.31. The van der Waals surface area contributed by atoms with E-state index in [-0.39, 0.29) is 0 Å². The molecule has 0 aliphatic carbocycles. The maximum Gasteiger partial charge on any atom is 0.178 e. The lowest BCUT2D eigenvalue weighted by atomic mass is 10.4. The van der Waals surface area contributed by atoms with Gasteiger partial charge in [0.1, 0.15) is 5.01 Å². The number of halogens is 2. The highest BCUT2D eigenvalue weighted by Gasteiger charge is 2.29. The second-order valence-corrected chi connectivity index (χ2v) is 3.55. The lowest BCUT2D eigenvalue weighted by Crippen LogP contribution is -2.35. The van der Waals surface area contributed by atoms with Crippen molar-refractivity contribution in [3.05, 3.63) is 0 Å². The Balaban J connectivity index is 3.71. The van der Waals surface area contributed by atoms with E-state index >= 15 is 0 Å². The smallest absolute Gasteiger partial charge is 0.178 e. The summed E-state index contributed by atoms with van der Waals surface area (Å²) in [7, 11) is 0. The van der Waals surface area contributed by atoms with E-state index in [1.54, 1.807) is 0 Å². The van der Waals surface area contributed by atoms with Crippen molar-refractivity contribution in [2.75, 3.05) is 6.61 Å². The second kappa shape index (κ2) is 3.12. The number of hydrogen-bond donors (Lipinski definition) is 3. The summed E-state index contributed by atoms with van der Waals surface area (Å²) in [5.74, 6) is 0. The minimum absolute atomic E-state index is 0.542. The summed E-state index contributed by atoms with van der Waals surface area (Å²) in [5, 5.41) is 24.4. The van der Waals surface area contributed by atoms with Gasteiger partial charge in [-0.15, -0.1) is 0 Å². The van der Waals surface area contributed by atoms with Crippen LogP contribution in [0, 0.1) is 0 Å². The van der Waals surface area contributed by atoms with E-state index < -0.39 is 16.1 Å². The van der Waals surface area contributed by atoms with Gasteiger partial charge in [0.15, 0.2) is 4.51 Å². The molecule has 0 saturated carbocycles. The molecule has 0 aromatic heterocycles. The molecular weight excluding hydrogens is 244 g/mol. The first-order chi connectivity index (χ1) is 3.50. The summed E-state index contributed by atoms with van der Waals surface area (Å²) < 4.78 is -1.62. The molecule has 0 fully saturated rings. The Morgan fingerprint density at radius 2 is 2.00 bits per heavy atom. The number of alkyl halides is 2. The summed E-state index contributed by atoms with van der Waals surface area (Å²) in [4.78, 5) is 0. The summed E-state index contributed by atoms with van der Waals surface area (Å²) in [6.45, 7) is -0.542. The molecule has 8 heavy (non-hydrogen) atoms. The zero-order valence-electron chi connectivity index (χ0n) is 3.88. The van der Waals surface area contributed by atoms with Crippen molar-refractivity contribution in [2.45, 2.75) is 9.52 Å². The highest BCUT2D eigenvalue weighted by Crippen LogP contribution is 2.21. The van der Waals surface area contributed by atoms with Gasteiger partial charge in [0.05, 0.1) is 6.61 Å². The zero-order valence-corrected chi connectivity index (χ0v) is 7.05. The first kappa shape index (κ1) is 8.84. The number of aliphatic hydroxyl groups is 3. The molecule has 0 heterocycles. The molecule has 0 rings (SSSR count). The van der Waals surface area contributed by atoms with E-state index in [0.29, 0.717) is 0 Å². The van der Waals surface area contributed by atoms with Gasteiger partial charge >= 0.3 is 0 Å². The minimum atomic E-state index is -1.62. The van der Waals surface area contributed by atoms with Crippen LogP contribution in [0.5, 0.6) is 0 Å². The molecule has 0 saturated heterocycles. The van der Waals surface area contributed by atoms with E-state index in [2.05, 4.69) is 31.9 Å². The SMILES string of the molecule is OC[C@@](O)(Br)[C@@H](O)Br. The molecule has 0 aromatic rings. The highest BCUT2D eigenvalue weighted by atomic mass is 79.9. The molecule has 0 unspecified atom stereocenters. The maximum atomic E-state index is 8.77. The summed E-state index contributed by atoms with van der Waals surface area (Å²) in [5.41, 5.74) is 0. The highest BCUT2D eigenvalue weighted by molar-refractivity contribution is 9.12. The first-order valence-corrected chi connectivity index (χ1v) is 3.56. The molecule has 3 N–H and O–H groups in total. The van der Waals surface area contributed by atoms with Crippen LogP contribution in [-0.4, -0.2) is 31.5 Å². The van der Waals surface area contributed by atoms with Crippen molar-refractivity contribution in [2.24, 2.45) is 0 Å².